The first-order valence-corrected chi connectivity index (χ1v) is 23.6. The fourth-order valence-corrected chi connectivity index (χ4v) is 9.55. The van der Waals surface area contributed by atoms with Gasteiger partial charge in [0.05, 0.1) is 18.5 Å². The number of aromatic amines is 2. The number of benzene rings is 3. The standard InChI is InChI=1S/C45H53N11O8S2/c1-25(57)38(39(47)58)56-45(64)37-23-66-65-22-36(54-40(59)31(46)16-26-10-4-2-5-11-26)44(63)53-35(19-29-21-48-24-50-29)43(62)51-33(17-27-12-6-3-7-13-27)41(60)52-34(42(61)55-37)18-28-20-49-32-15-9-8-14-30(28)32/h2-15,20-21,24-25,31,33-38,49,57H,16-19,22-23,46H2,1H3,(H2,47,58)(H,48,50)(H,51,62)(H,52,60)(H,53,63)(H,54,59)(H,55,61)(H,56,64)/t25-,31+,33+,34-,35-,36+,37+,38-/m0/s1. The first-order chi connectivity index (χ1) is 31.7. The summed E-state index contributed by atoms with van der Waals surface area (Å²) in [5, 5.41) is 27.3. The van der Waals surface area contributed by atoms with Crippen LogP contribution in [0.2, 0.25) is 0 Å². The highest BCUT2D eigenvalue weighted by Crippen LogP contribution is 2.24. The molecule has 1 fully saturated rings. The van der Waals surface area contributed by atoms with Crippen LogP contribution in [0, 0.1) is 0 Å². The second kappa shape index (κ2) is 23.5. The average Bonchev–Trinajstić information content (AvgIpc) is 3.98. The summed E-state index contributed by atoms with van der Waals surface area (Å²) in [7, 11) is 2.12. The van der Waals surface area contributed by atoms with Crippen molar-refractivity contribution in [3.05, 3.63) is 126 Å². The lowest BCUT2D eigenvalue weighted by Gasteiger charge is -2.27. The van der Waals surface area contributed by atoms with Crippen LogP contribution in [0.4, 0.5) is 0 Å². The first-order valence-electron chi connectivity index (χ1n) is 21.2. The lowest BCUT2D eigenvalue weighted by molar-refractivity contribution is -0.135. The number of primary amides is 1. The van der Waals surface area contributed by atoms with Crippen LogP contribution in [0.25, 0.3) is 10.9 Å². The van der Waals surface area contributed by atoms with Crippen molar-refractivity contribution in [1.82, 2.24) is 46.9 Å². The van der Waals surface area contributed by atoms with Crippen molar-refractivity contribution in [3.63, 3.8) is 0 Å². The minimum Gasteiger partial charge on any atom is -0.391 e. The van der Waals surface area contributed by atoms with Crippen molar-refractivity contribution >= 4 is 73.8 Å². The van der Waals surface area contributed by atoms with E-state index in [1.54, 1.807) is 36.5 Å². The van der Waals surface area contributed by atoms with Gasteiger partial charge in [0.1, 0.15) is 36.3 Å². The van der Waals surface area contributed by atoms with Gasteiger partial charge in [0.2, 0.25) is 41.4 Å². The number of nitrogens with zero attached hydrogens (tertiary/aromatic N) is 1. The van der Waals surface area contributed by atoms with Gasteiger partial charge in [-0.3, -0.25) is 33.6 Å². The second-order valence-electron chi connectivity index (χ2n) is 15.8. The molecule has 1 saturated heterocycles. The summed E-state index contributed by atoms with van der Waals surface area (Å²) in [4.78, 5) is 108. The number of carbonyl (C=O) groups excluding carboxylic acids is 7. The van der Waals surface area contributed by atoms with Gasteiger partial charge in [-0.05, 0) is 36.1 Å². The first kappa shape index (κ1) is 48.8. The molecule has 21 heteroatoms. The number of hydrogen-bond acceptors (Lipinski definition) is 12. The van der Waals surface area contributed by atoms with Gasteiger partial charge in [-0.15, -0.1) is 0 Å². The smallest absolute Gasteiger partial charge is 0.244 e. The maximum absolute atomic E-state index is 14.6. The highest BCUT2D eigenvalue weighted by atomic mass is 33.1. The molecule has 5 aromatic rings. The van der Waals surface area contributed by atoms with Gasteiger partial charge >= 0.3 is 0 Å². The number of carbonyl (C=O) groups is 7. The molecule has 3 heterocycles. The molecule has 66 heavy (non-hydrogen) atoms. The van der Waals surface area contributed by atoms with Crippen molar-refractivity contribution in [3.8, 4) is 0 Å². The molecule has 19 nitrogen and oxygen atoms in total. The fourth-order valence-electron chi connectivity index (χ4n) is 7.22. The molecule has 0 aliphatic carbocycles. The van der Waals surface area contributed by atoms with Crippen molar-refractivity contribution in [2.45, 2.75) is 81.0 Å². The van der Waals surface area contributed by atoms with Crippen LogP contribution in [0.3, 0.4) is 0 Å². The molecule has 3 aromatic carbocycles. The third-order valence-electron chi connectivity index (χ3n) is 10.8. The highest BCUT2D eigenvalue weighted by Gasteiger charge is 2.35. The van der Waals surface area contributed by atoms with Crippen LogP contribution < -0.4 is 43.4 Å². The van der Waals surface area contributed by atoms with Gasteiger partial charge in [0, 0.05) is 59.8 Å². The van der Waals surface area contributed by atoms with E-state index in [0.29, 0.717) is 16.8 Å². The SMILES string of the molecule is C[C@H](O)[C@H](NC(=O)[C@H]1CSSC[C@@H](NC(=O)[C@H](N)Cc2ccccc2)C(=O)N[C@@H](Cc2cnc[nH]2)C(=O)N[C@H](Cc2ccccc2)C(=O)N[C@@H](Cc2c[nH]c3ccccc23)C(=O)N1)C(N)=O. The minimum atomic E-state index is -1.52. The summed E-state index contributed by atoms with van der Waals surface area (Å²) < 4.78 is 0. The van der Waals surface area contributed by atoms with Crippen LogP contribution in [-0.4, -0.2) is 121 Å². The third-order valence-corrected chi connectivity index (χ3v) is 13.2. The van der Waals surface area contributed by atoms with E-state index in [2.05, 4.69) is 46.9 Å². The van der Waals surface area contributed by atoms with E-state index in [0.717, 1.165) is 38.1 Å². The number of amides is 7. The quantitative estimate of drug-likeness (QED) is 0.0638. The Morgan fingerprint density at radius 3 is 2.00 bits per heavy atom. The number of imidazole rings is 1. The second-order valence-corrected chi connectivity index (χ2v) is 18.4. The van der Waals surface area contributed by atoms with Crippen molar-refractivity contribution in [2.24, 2.45) is 11.5 Å². The summed E-state index contributed by atoms with van der Waals surface area (Å²) >= 11 is 0. The maximum Gasteiger partial charge on any atom is 0.244 e. The molecular weight excluding hydrogens is 887 g/mol. The van der Waals surface area contributed by atoms with Crippen LogP contribution in [0.5, 0.6) is 0 Å². The van der Waals surface area contributed by atoms with E-state index < -0.39 is 89.7 Å². The number of aliphatic hydroxyl groups is 1. The number of para-hydroxylation sites is 1. The summed E-state index contributed by atoms with van der Waals surface area (Å²) in [6.45, 7) is 1.27. The Labute approximate surface area is 387 Å². The molecule has 1 aliphatic heterocycles. The van der Waals surface area contributed by atoms with Gasteiger partial charge in [-0.25, -0.2) is 4.98 Å². The van der Waals surface area contributed by atoms with Crippen molar-refractivity contribution < 1.29 is 38.7 Å². The molecule has 13 N–H and O–H groups in total. The molecule has 7 amide bonds. The summed E-state index contributed by atoms with van der Waals surface area (Å²) in [6.07, 6.45) is 3.19. The molecule has 6 rings (SSSR count). The van der Waals surface area contributed by atoms with Gasteiger partial charge in [-0.2, -0.15) is 0 Å². The summed E-state index contributed by atoms with van der Waals surface area (Å²) in [5.41, 5.74) is 15.2. The molecule has 1 aliphatic rings. The summed E-state index contributed by atoms with van der Waals surface area (Å²) in [6, 6.07) is 16.1. The zero-order chi connectivity index (χ0) is 47.2. The molecule has 0 unspecified atom stereocenters. The Morgan fingerprint density at radius 2 is 1.35 bits per heavy atom. The van der Waals surface area contributed by atoms with Gasteiger partial charge in [0.25, 0.3) is 0 Å². The number of nitrogens with one attached hydrogen (secondary N) is 8. The summed E-state index contributed by atoms with van der Waals surface area (Å²) in [5.74, 6) is -5.86. The number of H-pyrrole nitrogens is 2. The predicted molar refractivity (Wildman–Crippen MR) is 250 cm³/mol. The number of rotatable bonds is 14. The fraction of sp³-hybridized carbons (Fsp3) is 0.333. The molecular formula is C45H53N11O8S2. The number of fused-ring (bicyclic) bond motifs is 1. The largest absolute Gasteiger partial charge is 0.391 e. The normalized spacial score (nSPS) is 21.5. The average molecular weight is 940 g/mol. The molecule has 2 aromatic heterocycles. The lowest BCUT2D eigenvalue weighted by atomic mass is 10.0. The van der Waals surface area contributed by atoms with Crippen LogP contribution >= 0.6 is 21.6 Å². The van der Waals surface area contributed by atoms with Crippen LogP contribution in [0.15, 0.2) is 104 Å². The molecule has 348 valence electrons. The monoisotopic (exact) mass is 939 g/mol. The van der Waals surface area contributed by atoms with E-state index in [1.807, 2.05) is 54.6 Å². The number of aromatic nitrogens is 3. The lowest BCUT2D eigenvalue weighted by Crippen LogP contribution is -2.61. The highest BCUT2D eigenvalue weighted by molar-refractivity contribution is 8.76. The Bertz CT molecular complexity index is 2460. The van der Waals surface area contributed by atoms with Gasteiger partial charge in [0.15, 0.2) is 0 Å². The number of aliphatic hydroxyl groups excluding tert-OH is 1. The Morgan fingerprint density at radius 1 is 0.758 bits per heavy atom. The Hall–Kier alpha value is -6.68. The van der Waals surface area contributed by atoms with Crippen LogP contribution in [-0.2, 0) is 59.2 Å². The van der Waals surface area contributed by atoms with E-state index in [4.69, 9.17) is 11.5 Å². The van der Waals surface area contributed by atoms with E-state index in [-0.39, 0.29) is 37.2 Å². The topological polar surface area (TPSA) is 308 Å². The molecule has 0 radical (unpaired) electrons. The molecule has 0 bridgehead atoms. The molecule has 8 atom stereocenters. The zero-order valence-electron chi connectivity index (χ0n) is 35.9. The van der Waals surface area contributed by atoms with E-state index in [1.165, 1.54) is 19.4 Å². The van der Waals surface area contributed by atoms with E-state index >= 15 is 0 Å². The number of hydrogen-bond donors (Lipinski definition) is 11. The number of nitrogens with two attached hydrogens (primary N) is 2. The van der Waals surface area contributed by atoms with Gasteiger partial charge < -0.3 is 58.4 Å². The van der Waals surface area contributed by atoms with Crippen LogP contribution in [0.1, 0.15) is 29.3 Å². The van der Waals surface area contributed by atoms with Crippen molar-refractivity contribution in [2.75, 3.05) is 11.5 Å². The Balaban J connectivity index is 1.37. The van der Waals surface area contributed by atoms with E-state index in [9.17, 15) is 38.7 Å². The third kappa shape index (κ3) is 13.7. The predicted octanol–water partition coefficient (Wildman–Crippen LogP) is -0.341. The Kier molecular flexibility index (Phi) is 17.4. The maximum atomic E-state index is 14.6. The zero-order valence-corrected chi connectivity index (χ0v) is 37.5. The van der Waals surface area contributed by atoms with Gasteiger partial charge in [-0.1, -0.05) is 100 Å². The van der Waals surface area contributed by atoms with Crippen molar-refractivity contribution in [1.29, 1.82) is 0 Å². The minimum absolute atomic E-state index is 0.0330. The molecule has 0 saturated carbocycles. The molecule has 0 spiro atoms.